The Kier molecular flexibility index (Phi) is 3.50. The molecule has 1 aromatic rings. The van der Waals surface area contributed by atoms with Crippen LogP contribution in [-0.4, -0.2) is 28.7 Å². The van der Waals surface area contributed by atoms with Crippen molar-refractivity contribution >= 4 is 33.4 Å². The zero-order valence-corrected chi connectivity index (χ0v) is 10.8. The third-order valence-corrected chi connectivity index (χ3v) is 3.56. The summed E-state index contributed by atoms with van der Waals surface area (Å²) in [7, 11) is 0. The summed E-state index contributed by atoms with van der Waals surface area (Å²) >= 11 is 9.19. The fraction of sp³-hybridized carbons (Fsp3) is 0.364. The van der Waals surface area contributed by atoms with Gasteiger partial charge in [-0.25, -0.2) is 4.39 Å². The first-order valence-electron chi connectivity index (χ1n) is 4.96. The molecule has 1 aliphatic rings. The van der Waals surface area contributed by atoms with Crippen molar-refractivity contribution in [3.8, 4) is 0 Å². The maximum atomic E-state index is 13.5. The van der Waals surface area contributed by atoms with Gasteiger partial charge in [0.1, 0.15) is 5.82 Å². The van der Waals surface area contributed by atoms with E-state index >= 15 is 0 Å². The number of hydrogen-bond donors (Lipinski definition) is 0. The smallest absolute Gasteiger partial charge is 0.256 e. The van der Waals surface area contributed by atoms with Crippen LogP contribution in [-0.2, 0) is 0 Å². The number of hydrogen-bond acceptors (Lipinski definition) is 1. The highest BCUT2D eigenvalue weighted by atomic mass is 79.9. The van der Waals surface area contributed by atoms with E-state index in [1.54, 1.807) is 4.90 Å². The normalized spacial score (nSPS) is 20.2. The molecule has 1 unspecified atom stereocenters. The average molecular weight is 307 g/mol. The van der Waals surface area contributed by atoms with Crippen LogP contribution in [0.2, 0.25) is 5.02 Å². The van der Waals surface area contributed by atoms with Crippen molar-refractivity contribution in [1.29, 1.82) is 0 Å². The predicted octanol–water partition coefficient (Wildman–Crippen LogP) is 3.09. The van der Waals surface area contributed by atoms with Crippen LogP contribution in [0.4, 0.5) is 4.39 Å². The van der Waals surface area contributed by atoms with E-state index in [1.807, 2.05) is 0 Å². The van der Waals surface area contributed by atoms with E-state index in [1.165, 1.54) is 18.2 Å². The molecule has 1 fully saturated rings. The lowest BCUT2D eigenvalue weighted by atomic mass is 10.2. The molecule has 0 N–H and O–H groups in total. The molecule has 1 aromatic carbocycles. The summed E-state index contributed by atoms with van der Waals surface area (Å²) in [6, 6.07) is 4.03. The Morgan fingerprint density at radius 2 is 2.31 bits per heavy atom. The van der Waals surface area contributed by atoms with Gasteiger partial charge in [0.05, 0.1) is 5.56 Å². The Morgan fingerprint density at radius 1 is 1.56 bits per heavy atom. The molecule has 1 amide bonds. The van der Waals surface area contributed by atoms with Crippen molar-refractivity contribution in [2.45, 2.75) is 11.2 Å². The van der Waals surface area contributed by atoms with Gasteiger partial charge in [-0.05, 0) is 24.6 Å². The maximum absolute atomic E-state index is 13.5. The van der Waals surface area contributed by atoms with Gasteiger partial charge in [-0.2, -0.15) is 0 Å². The van der Waals surface area contributed by atoms with Gasteiger partial charge in [0, 0.05) is 22.9 Å². The Bertz CT molecular complexity index is 426. The van der Waals surface area contributed by atoms with Gasteiger partial charge in [-0.15, -0.1) is 0 Å². The highest BCUT2D eigenvalue weighted by molar-refractivity contribution is 9.09. The second kappa shape index (κ2) is 4.72. The molecule has 0 bridgehead atoms. The molecule has 5 heteroatoms. The molecule has 86 valence electrons. The third kappa shape index (κ3) is 2.38. The standard InChI is InChI=1S/C11H10BrClFNO/c12-7-3-4-15(6-7)11(16)9-5-8(13)1-2-10(9)14/h1-2,5,7H,3-4,6H2. The topological polar surface area (TPSA) is 20.3 Å². The van der Waals surface area contributed by atoms with Crippen molar-refractivity contribution in [1.82, 2.24) is 4.90 Å². The summed E-state index contributed by atoms with van der Waals surface area (Å²) in [6.45, 7) is 1.27. The lowest BCUT2D eigenvalue weighted by Crippen LogP contribution is -2.29. The summed E-state index contributed by atoms with van der Waals surface area (Å²) in [4.78, 5) is 13.9. The molecule has 2 nitrogen and oxygen atoms in total. The molecule has 0 aliphatic carbocycles. The lowest BCUT2D eigenvalue weighted by Gasteiger charge is -2.16. The van der Waals surface area contributed by atoms with Gasteiger partial charge in [0.15, 0.2) is 0 Å². The lowest BCUT2D eigenvalue weighted by molar-refractivity contribution is 0.0789. The molecule has 1 aliphatic heterocycles. The number of benzene rings is 1. The summed E-state index contributed by atoms with van der Waals surface area (Å²) in [5.41, 5.74) is 0.0501. The molecule has 1 saturated heterocycles. The third-order valence-electron chi connectivity index (χ3n) is 2.58. The first-order valence-corrected chi connectivity index (χ1v) is 6.25. The first-order chi connectivity index (χ1) is 7.58. The largest absolute Gasteiger partial charge is 0.337 e. The molecular weight excluding hydrogens is 296 g/mol. The second-order valence-corrected chi connectivity index (χ2v) is 5.49. The van der Waals surface area contributed by atoms with Crippen LogP contribution >= 0.6 is 27.5 Å². The first kappa shape index (κ1) is 11.9. The Balaban J connectivity index is 2.23. The molecule has 16 heavy (non-hydrogen) atoms. The molecule has 0 spiro atoms. The van der Waals surface area contributed by atoms with Gasteiger partial charge in [0.25, 0.3) is 5.91 Å². The van der Waals surface area contributed by atoms with Crippen LogP contribution in [0.5, 0.6) is 0 Å². The van der Waals surface area contributed by atoms with E-state index in [0.29, 0.717) is 22.9 Å². The highest BCUT2D eigenvalue weighted by Gasteiger charge is 2.26. The van der Waals surface area contributed by atoms with Crippen LogP contribution in [0.1, 0.15) is 16.8 Å². The number of halogens is 3. The number of amides is 1. The number of carbonyl (C=O) groups is 1. The molecule has 2 rings (SSSR count). The number of alkyl halides is 1. The van der Waals surface area contributed by atoms with Gasteiger partial charge < -0.3 is 4.90 Å². The van der Waals surface area contributed by atoms with E-state index < -0.39 is 5.82 Å². The molecule has 1 atom stereocenters. The van der Waals surface area contributed by atoms with Crippen molar-refractivity contribution < 1.29 is 9.18 Å². The van der Waals surface area contributed by atoms with Crippen LogP contribution < -0.4 is 0 Å². The summed E-state index contributed by atoms with van der Waals surface area (Å²) < 4.78 is 13.5. The van der Waals surface area contributed by atoms with Crippen molar-refractivity contribution in [2.24, 2.45) is 0 Å². The number of nitrogens with zero attached hydrogens (tertiary/aromatic N) is 1. The molecule has 0 aromatic heterocycles. The number of rotatable bonds is 1. The average Bonchev–Trinajstić information content (AvgIpc) is 2.67. The Morgan fingerprint density at radius 3 is 2.94 bits per heavy atom. The van der Waals surface area contributed by atoms with Gasteiger partial charge in [-0.3, -0.25) is 4.79 Å². The summed E-state index contributed by atoms with van der Waals surface area (Å²) in [5.74, 6) is -0.811. The SMILES string of the molecule is O=C(c1cc(Cl)ccc1F)N1CCC(Br)C1. The Hall–Kier alpha value is -0.610. The highest BCUT2D eigenvalue weighted by Crippen LogP contribution is 2.21. The van der Waals surface area contributed by atoms with Gasteiger partial charge >= 0.3 is 0 Å². The van der Waals surface area contributed by atoms with Gasteiger partial charge in [-0.1, -0.05) is 27.5 Å². The van der Waals surface area contributed by atoms with Crippen LogP contribution in [0.15, 0.2) is 18.2 Å². The molecule has 1 heterocycles. The zero-order valence-electron chi connectivity index (χ0n) is 8.42. The molecule has 0 radical (unpaired) electrons. The van der Waals surface area contributed by atoms with E-state index in [2.05, 4.69) is 15.9 Å². The predicted molar refractivity (Wildman–Crippen MR) is 64.6 cm³/mol. The van der Waals surface area contributed by atoms with E-state index in [-0.39, 0.29) is 11.5 Å². The van der Waals surface area contributed by atoms with Crippen LogP contribution in [0.25, 0.3) is 0 Å². The second-order valence-electron chi connectivity index (χ2n) is 3.76. The monoisotopic (exact) mass is 305 g/mol. The zero-order chi connectivity index (χ0) is 11.7. The fourth-order valence-electron chi connectivity index (χ4n) is 1.73. The van der Waals surface area contributed by atoms with Crippen LogP contribution in [0.3, 0.4) is 0 Å². The summed E-state index contributed by atoms with van der Waals surface area (Å²) in [6.07, 6.45) is 0.897. The minimum atomic E-state index is -0.521. The number of likely N-dealkylation sites (tertiary alicyclic amines) is 1. The summed E-state index contributed by atoms with van der Waals surface area (Å²) in [5, 5.41) is 0.374. The van der Waals surface area contributed by atoms with Crippen molar-refractivity contribution in [3.63, 3.8) is 0 Å². The molecule has 0 saturated carbocycles. The fourth-order valence-corrected chi connectivity index (χ4v) is 2.46. The maximum Gasteiger partial charge on any atom is 0.256 e. The quantitative estimate of drug-likeness (QED) is 0.730. The molecular formula is C11H10BrClFNO. The van der Waals surface area contributed by atoms with E-state index in [4.69, 9.17) is 11.6 Å². The van der Waals surface area contributed by atoms with Crippen LogP contribution in [0, 0.1) is 5.82 Å². The number of carbonyl (C=O) groups excluding carboxylic acids is 1. The Labute approximate surface area is 107 Å². The minimum absolute atomic E-state index is 0.0501. The minimum Gasteiger partial charge on any atom is -0.337 e. The van der Waals surface area contributed by atoms with E-state index in [0.717, 1.165) is 6.42 Å². The van der Waals surface area contributed by atoms with Gasteiger partial charge in [0.2, 0.25) is 0 Å². The van der Waals surface area contributed by atoms with Crippen molar-refractivity contribution in [2.75, 3.05) is 13.1 Å². The van der Waals surface area contributed by atoms with Crippen molar-refractivity contribution in [3.05, 3.63) is 34.6 Å². The van der Waals surface area contributed by atoms with E-state index in [9.17, 15) is 9.18 Å².